The number of anilines is 1. The Morgan fingerprint density at radius 2 is 2.04 bits per heavy atom. The number of aromatic nitrogens is 4. The predicted octanol–water partition coefficient (Wildman–Crippen LogP) is 3.31. The zero-order valence-corrected chi connectivity index (χ0v) is 14.9. The molecule has 0 radical (unpaired) electrons. The number of hydrogen-bond donors (Lipinski definition) is 1. The summed E-state index contributed by atoms with van der Waals surface area (Å²) in [6.45, 7) is 4.05. The molecule has 2 aromatic heterocycles. The molecule has 1 aliphatic rings. The van der Waals surface area contributed by atoms with E-state index in [-0.39, 0.29) is 5.91 Å². The molecule has 24 heavy (non-hydrogen) atoms. The lowest BCUT2D eigenvalue weighted by Gasteiger charge is -2.23. The highest BCUT2D eigenvalue weighted by Gasteiger charge is 2.19. The molecule has 0 atom stereocenters. The molecule has 6 heteroatoms. The van der Waals surface area contributed by atoms with E-state index in [1.54, 1.807) is 6.20 Å². The van der Waals surface area contributed by atoms with Crippen LogP contribution in [0.2, 0.25) is 0 Å². The van der Waals surface area contributed by atoms with Gasteiger partial charge in [-0.2, -0.15) is 10.2 Å². The molecule has 0 bridgehead atoms. The molecule has 0 saturated heterocycles. The van der Waals surface area contributed by atoms with Crippen LogP contribution in [0.1, 0.15) is 61.5 Å². The molecule has 1 saturated carbocycles. The van der Waals surface area contributed by atoms with Crippen LogP contribution in [0.5, 0.6) is 0 Å². The average molecular weight is 329 g/mol. The van der Waals surface area contributed by atoms with E-state index in [0.29, 0.717) is 12.5 Å². The van der Waals surface area contributed by atoms with Crippen molar-refractivity contribution in [2.75, 3.05) is 5.32 Å². The van der Waals surface area contributed by atoms with Crippen LogP contribution in [0, 0.1) is 13.8 Å². The van der Waals surface area contributed by atoms with Crippen LogP contribution in [0.15, 0.2) is 12.3 Å². The summed E-state index contributed by atoms with van der Waals surface area (Å²) >= 11 is 0. The van der Waals surface area contributed by atoms with E-state index in [1.807, 2.05) is 36.3 Å². The molecular weight excluding hydrogens is 302 g/mol. The lowest BCUT2D eigenvalue weighted by Crippen LogP contribution is -2.20. The van der Waals surface area contributed by atoms with Gasteiger partial charge in [-0.1, -0.05) is 19.3 Å². The standard InChI is InChI=1S/C18H27N5O/c1-13-16(14(2)22(3)21-13)9-10-18(24)20-17-11-12-19-23(17)15-7-5-4-6-8-15/h11-12,15H,4-10H2,1-3H3,(H,20,24). The zero-order chi connectivity index (χ0) is 17.1. The molecule has 1 amide bonds. The molecule has 2 heterocycles. The minimum Gasteiger partial charge on any atom is -0.311 e. The third-order valence-electron chi connectivity index (χ3n) is 5.12. The highest BCUT2D eigenvalue weighted by molar-refractivity contribution is 5.90. The number of hydrogen-bond acceptors (Lipinski definition) is 3. The number of amides is 1. The molecular formula is C18H27N5O. The van der Waals surface area contributed by atoms with Gasteiger partial charge in [0, 0.05) is 25.2 Å². The predicted molar refractivity (Wildman–Crippen MR) is 94.0 cm³/mol. The van der Waals surface area contributed by atoms with E-state index in [9.17, 15) is 4.79 Å². The fourth-order valence-corrected chi connectivity index (χ4v) is 3.65. The van der Waals surface area contributed by atoms with Gasteiger partial charge in [-0.3, -0.25) is 9.48 Å². The second-order valence-electron chi connectivity index (χ2n) is 6.77. The van der Waals surface area contributed by atoms with E-state index in [2.05, 4.69) is 15.5 Å². The minimum atomic E-state index is 0.0372. The van der Waals surface area contributed by atoms with Crippen molar-refractivity contribution in [3.8, 4) is 0 Å². The molecule has 2 aromatic rings. The maximum Gasteiger partial charge on any atom is 0.225 e. The van der Waals surface area contributed by atoms with Crippen LogP contribution in [-0.4, -0.2) is 25.5 Å². The van der Waals surface area contributed by atoms with E-state index in [1.165, 1.54) is 24.8 Å². The molecule has 0 spiro atoms. The van der Waals surface area contributed by atoms with Gasteiger partial charge in [0.05, 0.1) is 17.9 Å². The molecule has 0 unspecified atom stereocenters. The van der Waals surface area contributed by atoms with Crippen molar-refractivity contribution < 1.29 is 4.79 Å². The number of nitrogens with one attached hydrogen (secondary N) is 1. The van der Waals surface area contributed by atoms with Crippen LogP contribution in [-0.2, 0) is 18.3 Å². The molecule has 0 aliphatic heterocycles. The second-order valence-corrected chi connectivity index (χ2v) is 6.77. The monoisotopic (exact) mass is 329 g/mol. The summed E-state index contributed by atoms with van der Waals surface area (Å²) in [6.07, 6.45) is 9.06. The first-order chi connectivity index (χ1) is 11.6. The van der Waals surface area contributed by atoms with Gasteiger partial charge in [0.15, 0.2) is 0 Å². The number of nitrogens with zero attached hydrogens (tertiary/aromatic N) is 4. The topological polar surface area (TPSA) is 64.7 Å². The Bertz CT molecular complexity index is 709. The third-order valence-corrected chi connectivity index (χ3v) is 5.12. The summed E-state index contributed by atoms with van der Waals surface area (Å²) < 4.78 is 3.87. The second kappa shape index (κ2) is 7.20. The van der Waals surface area contributed by atoms with Crippen LogP contribution in [0.4, 0.5) is 5.82 Å². The van der Waals surface area contributed by atoms with Gasteiger partial charge >= 0.3 is 0 Å². The fraction of sp³-hybridized carbons (Fsp3) is 0.611. The summed E-state index contributed by atoms with van der Waals surface area (Å²) in [5, 5.41) is 11.9. The Labute approximate surface area is 143 Å². The van der Waals surface area contributed by atoms with Gasteiger partial charge in [0.1, 0.15) is 5.82 Å². The normalized spacial score (nSPS) is 15.6. The smallest absolute Gasteiger partial charge is 0.225 e. The lowest BCUT2D eigenvalue weighted by atomic mass is 9.96. The Hall–Kier alpha value is -2.11. The third kappa shape index (κ3) is 3.52. The van der Waals surface area contributed by atoms with Crippen molar-refractivity contribution in [1.82, 2.24) is 19.6 Å². The molecule has 6 nitrogen and oxygen atoms in total. The SMILES string of the molecule is Cc1nn(C)c(C)c1CCC(=O)Nc1ccnn1C1CCCCC1. The molecule has 1 fully saturated rings. The first kappa shape index (κ1) is 16.7. The van der Waals surface area contributed by atoms with Crippen molar-refractivity contribution >= 4 is 11.7 Å². The fourth-order valence-electron chi connectivity index (χ4n) is 3.65. The Balaban J connectivity index is 1.60. The van der Waals surface area contributed by atoms with E-state index in [0.717, 1.165) is 36.5 Å². The van der Waals surface area contributed by atoms with Gasteiger partial charge < -0.3 is 5.32 Å². The first-order valence-corrected chi connectivity index (χ1v) is 8.88. The van der Waals surface area contributed by atoms with Crippen molar-refractivity contribution in [2.45, 2.75) is 64.8 Å². The molecule has 1 N–H and O–H groups in total. The van der Waals surface area contributed by atoms with Gasteiger partial charge in [0.2, 0.25) is 5.91 Å². The maximum atomic E-state index is 12.4. The van der Waals surface area contributed by atoms with E-state index < -0.39 is 0 Å². The Morgan fingerprint density at radius 3 is 2.71 bits per heavy atom. The van der Waals surface area contributed by atoms with Gasteiger partial charge in [-0.05, 0) is 38.7 Å². The minimum absolute atomic E-state index is 0.0372. The van der Waals surface area contributed by atoms with Gasteiger partial charge in [-0.15, -0.1) is 0 Å². The van der Waals surface area contributed by atoms with Crippen LogP contribution >= 0.6 is 0 Å². The number of carbonyl (C=O) groups excluding carboxylic acids is 1. The average Bonchev–Trinajstić information content (AvgIpc) is 3.12. The molecule has 1 aliphatic carbocycles. The molecule has 130 valence electrons. The zero-order valence-electron chi connectivity index (χ0n) is 14.9. The number of rotatable bonds is 5. The lowest BCUT2D eigenvalue weighted by molar-refractivity contribution is -0.116. The van der Waals surface area contributed by atoms with E-state index >= 15 is 0 Å². The summed E-state index contributed by atoms with van der Waals surface area (Å²) in [4.78, 5) is 12.4. The maximum absolute atomic E-state index is 12.4. The van der Waals surface area contributed by atoms with Crippen LogP contribution < -0.4 is 5.32 Å². The van der Waals surface area contributed by atoms with Crippen molar-refractivity contribution in [1.29, 1.82) is 0 Å². The Morgan fingerprint density at radius 1 is 1.29 bits per heavy atom. The van der Waals surface area contributed by atoms with Gasteiger partial charge in [-0.25, -0.2) is 4.68 Å². The quantitative estimate of drug-likeness (QED) is 0.915. The highest BCUT2D eigenvalue weighted by atomic mass is 16.1. The number of aryl methyl sites for hydroxylation is 2. The van der Waals surface area contributed by atoms with Crippen LogP contribution in [0.3, 0.4) is 0 Å². The summed E-state index contributed by atoms with van der Waals surface area (Å²) in [6, 6.07) is 2.32. The molecule has 3 rings (SSSR count). The summed E-state index contributed by atoms with van der Waals surface area (Å²) in [5.74, 6) is 0.863. The van der Waals surface area contributed by atoms with Crippen LogP contribution in [0.25, 0.3) is 0 Å². The largest absolute Gasteiger partial charge is 0.311 e. The van der Waals surface area contributed by atoms with Gasteiger partial charge in [0.25, 0.3) is 0 Å². The Kier molecular flexibility index (Phi) is 5.02. The molecule has 0 aromatic carbocycles. The number of carbonyl (C=O) groups is 1. The summed E-state index contributed by atoms with van der Waals surface area (Å²) in [5.41, 5.74) is 3.32. The van der Waals surface area contributed by atoms with E-state index in [4.69, 9.17) is 0 Å². The first-order valence-electron chi connectivity index (χ1n) is 8.88. The summed E-state index contributed by atoms with van der Waals surface area (Å²) in [7, 11) is 1.94. The highest BCUT2D eigenvalue weighted by Crippen LogP contribution is 2.30. The van der Waals surface area contributed by atoms with Crippen molar-refractivity contribution in [2.24, 2.45) is 7.05 Å². The van der Waals surface area contributed by atoms with Crippen molar-refractivity contribution in [3.63, 3.8) is 0 Å². The van der Waals surface area contributed by atoms with Crippen molar-refractivity contribution in [3.05, 3.63) is 29.2 Å².